The molecule has 0 radical (unpaired) electrons. The standard InChI is InChI=1S/C23H20F2N4O3/c1-22(2,25)10-30-15-6-17-20(18(24)7-15)32-19-4-3-13(14-8-27-12-28-9-14)5-16(19)23(17)11-31-21(26)29-23/h3-9,12H,10-11H2,1-2H3,(H2,26,29). The van der Waals surface area contributed by atoms with Crippen LogP contribution in [-0.2, 0) is 10.3 Å². The van der Waals surface area contributed by atoms with Crippen molar-refractivity contribution in [2.45, 2.75) is 25.1 Å². The number of hydrogen-bond donors (Lipinski definition) is 1. The zero-order valence-electron chi connectivity index (χ0n) is 17.4. The van der Waals surface area contributed by atoms with Gasteiger partial charge in [-0.2, -0.15) is 0 Å². The summed E-state index contributed by atoms with van der Waals surface area (Å²) in [6.45, 7) is 2.57. The molecule has 0 fully saturated rings. The van der Waals surface area contributed by atoms with E-state index in [-0.39, 0.29) is 30.7 Å². The van der Waals surface area contributed by atoms with Crippen molar-refractivity contribution < 1.29 is 23.0 Å². The molecule has 2 aliphatic heterocycles. The van der Waals surface area contributed by atoms with Crippen molar-refractivity contribution in [2.24, 2.45) is 10.7 Å². The first-order valence-corrected chi connectivity index (χ1v) is 9.97. The quantitative estimate of drug-likeness (QED) is 0.659. The van der Waals surface area contributed by atoms with Gasteiger partial charge in [-0.05, 0) is 37.6 Å². The van der Waals surface area contributed by atoms with Gasteiger partial charge in [-0.3, -0.25) is 0 Å². The third-order valence-electron chi connectivity index (χ3n) is 5.31. The van der Waals surface area contributed by atoms with Crippen LogP contribution >= 0.6 is 0 Å². The van der Waals surface area contributed by atoms with Crippen molar-refractivity contribution in [3.63, 3.8) is 0 Å². The second-order valence-electron chi connectivity index (χ2n) is 8.33. The summed E-state index contributed by atoms with van der Waals surface area (Å²) in [7, 11) is 0. The van der Waals surface area contributed by atoms with Gasteiger partial charge < -0.3 is 19.9 Å². The molecule has 1 atom stereocenters. The summed E-state index contributed by atoms with van der Waals surface area (Å²) in [5.74, 6) is -0.0631. The van der Waals surface area contributed by atoms with E-state index in [0.29, 0.717) is 16.9 Å². The summed E-state index contributed by atoms with van der Waals surface area (Å²) in [4.78, 5) is 12.7. The summed E-state index contributed by atoms with van der Waals surface area (Å²) in [5, 5.41) is 0. The molecule has 0 aliphatic carbocycles. The Kier molecular flexibility index (Phi) is 4.51. The highest BCUT2D eigenvalue weighted by atomic mass is 19.1. The van der Waals surface area contributed by atoms with Crippen LogP contribution in [0.25, 0.3) is 11.1 Å². The number of nitrogens with zero attached hydrogens (tertiary/aromatic N) is 3. The number of fused-ring (bicyclic) bond motifs is 4. The molecule has 3 heterocycles. The highest BCUT2D eigenvalue weighted by Crippen LogP contribution is 2.53. The summed E-state index contributed by atoms with van der Waals surface area (Å²) in [6, 6.07) is 8.19. The second kappa shape index (κ2) is 7.15. The number of alkyl halides is 1. The van der Waals surface area contributed by atoms with Crippen LogP contribution in [0.2, 0.25) is 0 Å². The van der Waals surface area contributed by atoms with Gasteiger partial charge in [0.1, 0.15) is 36.7 Å². The van der Waals surface area contributed by atoms with Gasteiger partial charge in [0, 0.05) is 35.2 Å². The Balaban J connectivity index is 1.66. The first-order chi connectivity index (χ1) is 15.2. The predicted octanol–water partition coefficient (Wildman–Crippen LogP) is 4.10. The molecule has 1 unspecified atom stereocenters. The van der Waals surface area contributed by atoms with E-state index < -0.39 is 17.0 Å². The van der Waals surface area contributed by atoms with Crippen molar-refractivity contribution in [3.8, 4) is 28.4 Å². The molecule has 1 aromatic heterocycles. The monoisotopic (exact) mass is 438 g/mol. The number of nitrogens with two attached hydrogens (primary N) is 1. The van der Waals surface area contributed by atoms with Gasteiger partial charge in [0.25, 0.3) is 6.02 Å². The predicted molar refractivity (Wildman–Crippen MR) is 113 cm³/mol. The van der Waals surface area contributed by atoms with Gasteiger partial charge in [0.2, 0.25) is 0 Å². The molecule has 7 nitrogen and oxygen atoms in total. The minimum Gasteiger partial charge on any atom is -0.490 e. The van der Waals surface area contributed by atoms with Crippen LogP contribution in [0.4, 0.5) is 8.78 Å². The van der Waals surface area contributed by atoms with Crippen LogP contribution < -0.4 is 15.2 Å². The van der Waals surface area contributed by atoms with Gasteiger partial charge in [-0.25, -0.2) is 23.7 Å². The average molecular weight is 438 g/mol. The lowest BCUT2D eigenvalue weighted by Gasteiger charge is -2.34. The lowest BCUT2D eigenvalue weighted by atomic mass is 9.80. The Labute approximate surface area is 182 Å². The van der Waals surface area contributed by atoms with Crippen LogP contribution in [0.3, 0.4) is 0 Å². The van der Waals surface area contributed by atoms with Crippen LogP contribution in [0.5, 0.6) is 17.2 Å². The number of hydrogen-bond acceptors (Lipinski definition) is 7. The van der Waals surface area contributed by atoms with Crippen molar-refractivity contribution in [2.75, 3.05) is 13.2 Å². The molecule has 5 rings (SSSR count). The molecule has 164 valence electrons. The molecular formula is C23H20F2N4O3. The fourth-order valence-electron chi connectivity index (χ4n) is 3.85. The molecule has 0 amide bonds. The molecule has 2 N–H and O–H groups in total. The molecule has 3 aromatic rings. The number of benzene rings is 2. The third-order valence-corrected chi connectivity index (χ3v) is 5.31. The van der Waals surface area contributed by atoms with E-state index in [0.717, 1.165) is 11.1 Å². The minimum atomic E-state index is -1.58. The van der Waals surface area contributed by atoms with Crippen LogP contribution in [0.1, 0.15) is 25.0 Å². The van der Waals surface area contributed by atoms with Crippen molar-refractivity contribution in [1.82, 2.24) is 9.97 Å². The first-order valence-electron chi connectivity index (χ1n) is 9.97. The zero-order chi connectivity index (χ0) is 22.5. The number of ether oxygens (including phenoxy) is 3. The molecule has 0 saturated carbocycles. The number of rotatable bonds is 4. The van der Waals surface area contributed by atoms with E-state index >= 15 is 4.39 Å². The van der Waals surface area contributed by atoms with Gasteiger partial charge in [0.15, 0.2) is 17.1 Å². The van der Waals surface area contributed by atoms with Crippen LogP contribution in [-0.4, -0.2) is 34.9 Å². The number of halogens is 2. The van der Waals surface area contributed by atoms with Crippen LogP contribution in [0.15, 0.2) is 54.0 Å². The summed E-state index contributed by atoms with van der Waals surface area (Å²) < 4.78 is 46.0. The van der Waals surface area contributed by atoms with Gasteiger partial charge in [0.05, 0.1) is 0 Å². The third kappa shape index (κ3) is 3.39. The van der Waals surface area contributed by atoms with E-state index in [9.17, 15) is 4.39 Å². The Morgan fingerprint density at radius 2 is 1.91 bits per heavy atom. The number of aromatic nitrogens is 2. The molecule has 32 heavy (non-hydrogen) atoms. The first kappa shape index (κ1) is 20.2. The fourth-order valence-corrected chi connectivity index (χ4v) is 3.85. The smallest absolute Gasteiger partial charge is 0.283 e. The van der Waals surface area contributed by atoms with Gasteiger partial charge >= 0.3 is 0 Å². The average Bonchev–Trinajstić information content (AvgIpc) is 3.15. The molecule has 9 heteroatoms. The summed E-state index contributed by atoms with van der Waals surface area (Å²) >= 11 is 0. The molecular weight excluding hydrogens is 418 g/mol. The van der Waals surface area contributed by atoms with Crippen LogP contribution in [0, 0.1) is 5.82 Å². The van der Waals surface area contributed by atoms with Crippen molar-refractivity contribution in [3.05, 3.63) is 66.0 Å². The van der Waals surface area contributed by atoms with E-state index in [1.807, 2.05) is 12.1 Å². The maximum atomic E-state index is 15.1. The molecule has 0 saturated heterocycles. The molecule has 2 aromatic carbocycles. The highest BCUT2D eigenvalue weighted by Gasteiger charge is 2.48. The molecule has 0 bridgehead atoms. The second-order valence-corrected chi connectivity index (χ2v) is 8.33. The van der Waals surface area contributed by atoms with E-state index in [1.54, 1.807) is 24.5 Å². The maximum Gasteiger partial charge on any atom is 0.283 e. The minimum absolute atomic E-state index is 0.00204. The van der Waals surface area contributed by atoms with Crippen molar-refractivity contribution >= 4 is 6.02 Å². The topological polar surface area (TPSA) is 91.9 Å². The highest BCUT2D eigenvalue weighted by molar-refractivity contribution is 5.78. The maximum absolute atomic E-state index is 15.1. The Morgan fingerprint density at radius 1 is 1.12 bits per heavy atom. The van der Waals surface area contributed by atoms with Crippen molar-refractivity contribution in [1.29, 1.82) is 0 Å². The van der Waals surface area contributed by atoms with E-state index in [4.69, 9.17) is 19.9 Å². The molecule has 2 aliphatic rings. The largest absolute Gasteiger partial charge is 0.490 e. The van der Waals surface area contributed by atoms with Gasteiger partial charge in [-0.1, -0.05) is 6.07 Å². The van der Waals surface area contributed by atoms with Gasteiger partial charge in [-0.15, -0.1) is 0 Å². The number of amidine groups is 1. The molecule has 1 spiro atoms. The van der Waals surface area contributed by atoms with E-state index in [1.165, 1.54) is 26.2 Å². The Morgan fingerprint density at radius 3 is 2.59 bits per heavy atom. The number of aliphatic imine (C=N–C) groups is 1. The fraction of sp³-hybridized carbons (Fsp3) is 0.261. The lowest BCUT2D eigenvalue weighted by Crippen LogP contribution is -2.31. The Hall–Kier alpha value is -3.75. The SMILES string of the molecule is CC(C)(F)COc1cc(F)c2c(c1)C1(COC(N)=N1)c1cc(-c3cncnc3)ccc1O2. The Bertz CT molecular complexity index is 1230. The normalized spacial score (nSPS) is 18.9. The lowest BCUT2D eigenvalue weighted by molar-refractivity contribution is 0.120. The zero-order valence-corrected chi connectivity index (χ0v) is 17.4. The summed E-state index contributed by atoms with van der Waals surface area (Å²) in [6.07, 6.45) is 4.82. The summed E-state index contributed by atoms with van der Waals surface area (Å²) in [5.41, 5.74) is 5.80. The van der Waals surface area contributed by atoms with E-state index in [2.05, 4.69) is 15.0 Å².